The first-order valence-electron chi connectivity index (χ1n) is 4.49. The van der Waals surface area contributed by atoms with Gasteiger partial charge in [0.25, 0.3) is 0 Å². The Bertz CT molecular complexity index is 235. The lowest BCUT2D eigenvalue weighted by Gasteiger charge is -2.20. The van der Waals surface area contributed by atoms with Gasteiger partial charge in [-0.25, -0.2) is 12.7 Å². The van der Waals surface area contributed by atoms with E-state index < -0.39 is 10.0 Å². The van der Waals surface area contributed by atoms with Crippen molar-refractivity contribution in [3.63, 3.8) is 0 Å². The van der Waals surface area contributed by atoms with Crippen molar-refractivity contribution in [2.75, 3.05) is 13.6 Å². The van der Waals surface area contributed by atoms with Gasteiger partial charge < -0.3 is 5.73 Å². The summed E-state index contributed by atoms with van der Waals surface area (Å²) in [4.78, 5) is 0. The van der Waals surface area contributed by atoms with E-state index in [-0.39, 0.29) is 11.3 Å². The smallest absolute Gasteiger partial charge is 0.216 e. The molecular weight excluding hydrogens is 188 g/mol. The Labute approximate surface area is 81.2 Å². The zero-order valence-electron chi connectivity index (χ0n) is 8.82. The van der Waals surface area contributed by atoms with Crippen molar-refractivity contribution in [1.82, 2.24) is 4.31 Å². The summed E-state index contributed by atoms with van der Waals surface area (Å²) in [6.07, 6.45) is 0.697. The van der Waals surface area contributed by atoms with E-state index in [4.69, 9.17) is 5.73 Å². The summed E-state index contributed by atoms with van der Waals surface area (Å²) in [5, 5.41) is -0.356. The van der Waals surface area contributed by atoms with E-state index in [1.54, 1.807) is 20.9 Å². The minimum absolute atomic E-state index is 0.0461. The lowest BCUT2D eigenvalue weighted by atomic mass is 10.2. The topological polar surface area (TPSA) is 63.4 Å². The van der Waals surface area contributed by atoms with Crippen molar-refractivity contribution >= 4 is 10.0 Å². The summed E-state index contributed by atoms with van der Waals surface area (Å²) in [6, 6.07) is 0.0461. The van der Waals surface area contributed by atoms with E-state index in [2.05, 4.69) is 0 Å². The molecule has 0 saturated heterocycles. The minimum atomic E-state index is -3.09. The number of sulfonamides is 1. The third kappa shape index (κ3) is 4.06. The lowest BCUT2D eigenvalue weighted by Crippen LogP contribution is -2.35. The molecule has 0 amide bonds. The fraction of sp³-hybridized carbons (Fsp3) is 1.00. The number of hydrogen-bond acceptors (Lipinski definition) is 3. The van der Waals surface area contributed by atoms with Gasteiger partial charge in [0, 0.05) is 19.6 Å². The van der Waals surface area contributed by atoms with Crippen molar-refractivity contribution in [1.29, 1.82) is 0 Å². The van der Waals surface area contributed by atoms with Crippen molar-refractivity contribution in [3.8, 4) is 0 Å². The Kier molecular flexibility index (Phi) is 4.88. The van der Waals surface area contributed by atoms with Gasteiger partial charge in [0.1, 0.15) is 0 Å². The Morgan fingerprint density at radius 3 is 2.08 bits per heavy atom. The van der Waals surface area contributed by atoms with E-state index >= 15 is 0 Å². The fourth-order valence-electron chi connectivity index (χ4n) is 0.873. The van der Waals surface area contributed by atoms with Crippen LogP contribution in [0.2, 0.25) is 0 Å². The number of rotatable bonds is 5. The highest BCUT2D eigenvalue weighted by Gasteiger charge is 2.21. The molecule has 0 aromatic carbocycles. The van der Waals surface area contributed by atoms with Gasteiger partial charge in [-0.3, -0.25) is 0 Å². The summed E-state index contributed by atoms with van der Waals surface area (Å²) in [5.74, 6) is 0. The second-order valence-electron chi connectivity index (χ2n) is 3.68. The number of nitrogens with two attached hydrogens (primary N) is 1. The molecule has 0 saturated carbocycles. The maximum Gasteiger partial charge on any atom is 0.216 e. The molecule has 1 unspecified atom stereocenters. The molecule has 0 radical (unpaired) electrons. The van der Waals surface area contributed by atoms with Crippen LogP contribution >= 0.6 is 0 Å². The molecule has 0 bridgehead atoms. The molecule has 0 aromatic heterocycles. The molecule has 0 rings (SSSR count). The van der Waals surface area contributed by atoms with E-state index in [9.17, 15) is 8.42 Å². The van der Waals surface area contributed by atoms with Crippen LogP contribution in [0.3, 0.4) is 0 Å². The number of nitrogens with zero attached hydrogens (tertiary/aromatic N) is 1. The monoisotopic (exact) mass is 208 g/mol. The van der Waals surface area contributed by atoms with Crippen LogP contribution < -0.4 is 5.73 Å². The highest BCUT2D eigenvalue weighted by molar-refractivity contribution is 7.89. The van der Waals surface area contributed by atoms with Gasteiger partial charge in [-0.1, -0.05) is 0 Å². The first kappa shape index (κ1) is 12.9. The zero-order valence-corrected chi connectivity index (χ0v) is 9.63. The van der Waals surface area contributed by atoms with E-state index in [0.717, 1.165) is 0 Å². The first-order chi connectivity index (χ1) is 5.78. The van der Waals surface area contributed by atoms with Gasteiger partial charge in [-0.05, 0) is 27.2 Å². The predicted octanol–water partition coefficient (Wildman–Crippen LogP) is 0.394. The van der Waals surface area contributed by atoms with Crippen LogP contribution in [0, 0.1) is 0 Å². The molecule has 4 nitrogen and oxygen atoms in total. The molecular formula is C8H20N2O2S. The standard InChI is InChI=1S/C8H20N2O2S/c1-7(2)13(11,12)10(4)6-5-8(3)9/h7-8H,5-6,9H2,1-4H3. The maximum absolute atomic E-state index is 11.5. The highest BCUT2D eigenvalue weighted by Crippen LogP contribution is 2.06. The molecule has 1 atom stereocenters. The van der Waals surface area contributed by atoms with Gasteiger partial charge in [0.05, 0.1) is 5.25 Å². The highest BCUT2D eigenvalue weighted by atomic mass is 32.2. The van der Waals surface area contributed by atoms with Gasteiger partial charge in [-0.15, -0.1) is 0 Å². The molecule has 0 fully saturated rings. The second kappa shape index (κ2) is 4.93. The average Bonchev–Trinajstić information content (AvgIpc) is 1.99. The molecule has 13 heavy (non-hydrogen) atoms. The molecule has 80 valence electrons. The van der Waals surface area contributed by atoms with Gasteiger partial charge in [0.2, 0.25) is 10.0 Å². The van der Waals surface area contributed by atoms with Gasteiger partial charge in [0.15, 0.2) is 0 Å². The molecule has 2 N–H and O–H groups in total. The van der Waals surface area contributed by atoms with Crippen LogP contribution in [-0.4, -0.2) is 37.6 Å². The van der Waals surface area contributed by atoms with Crippen molar-refractivity contribution < 1.29 is 8.42 Å². The summed E-state index contributed by atoms with van der Waals surface area (Å²) in [5.41, 5.74) is 5.54. The van der Waals surface area contributed by atoms with Crippen molar-refractivity contribution in [2.45, 2.75) is 38.5 Å². The Morgan fingerprint density at radius 1 is 1.31 bits per heavy atom. The second-order valence-corrected chi connectivity index (χ2v) is 6.28. The largest absolute Gasteiger partial charge is 0.328 e. The molecule has 5 heteroatoms. The third-order valence-corrected chi connectivity index (χ3v) is 4.17. The maximum atomic E-state index is 11.5. The summed E-state index contributed by atoms with van der Waals surface area (Å²) in [7, 11) is -1.50. The van der Waals surface area contributed by atoms with E-state index in [1.165, 1.54) is 4.31 Å². The summed E-state index contributed by atoms with van der Waals surface area (Å²) < 4.78 is 24.4. The predicted molar refractivity (Wildman–Crippen MR) is 55.0 cm³/mol. The Hall–Kier alpha value is -0.130. The van der Waals surface area contributed by atoms with Crippen LogP contribution in [0.25, 0.3) is 0 Å². The van der Waals surface area contributed by atoms with Gasteiger partial charge >= 0.3 is 0 Å². The van der Waals surface area contributed by atoms with Crippen LogP contribution in [0.1, 0.15) is 27.2 Å². The Morgan fingerprint density at radius 2 is 1.77 bits per heavy atom. The molecule has 0 aliphatic heterocycles. The molecule has 0 aliphatic carbocycles. The zero-order chi connectivity index (χ0) is 10.6. The molecule has 0 aromatic rings. The molecule has 0 spiro atoms. The lowest BCUT2D eigenvalue weighted by molar-refractivity contribution is 0.441. The molecule has 0 aliphatic rings. The first-order valence-corrected chi connectivity index (χ1v) is 5.99. The SMILES string of the molecule is CC(N)CCN(C)S(=O)(=O)C(C)C. The Balaban J connectivity index is 4.19. The van der Waals surface area contributed by atoms with Crippen LogP contribution in [0.5, 0.6) is 0 Å². The van der Waals surface area contributed by atoms with Crippen molar-refractivity contribution in [3.05, 3.63) is 0 Å². The summed E-state index contributed by atoms with van der Waals surface area (Å²) >= 11 is 0. The third-order valence-electron chi connectivity index (χ3n) is 1.93. The average molecular weight is 208 g/mol. The minimum Gasteiger partial charge on any atom is -0.328 e. The van der Waals surface area contributed by atoms with Crippen LogP contribution in [0.15, 0.2) is 0 Å². The van der Waals surface area contributed by atoms with Crippen LogP contribution in [-0.2, 0) is 10.0 Å². The van der Waals surface area contributed by atoms with Crippen molar-refractivity contribution in [2.24, 2.45) is 5.73 Å². The normalized spacial score (nSPS) is 15.3. The summed E-state index contributed by atoms with van der Waals surface area (Å²) in [6.45, 7) is 5.73. The quantitative estimate of drug-likeness (QED) is 0.711. The number of hydrogen-bond donors (Lipinski definition) is 1. The molecule has 0 heterocycles. The van der Waals surface area contributed by atoms with E-state index in [0.29, 0.717) is 13.0 Å². The van der Waals surface area contributed by atoms with Crippen LogP contribution in [0.4, 0.5) is 0 Å². The van der Waals surface area contributed by atoms with Gasteiger partial charge in [-0.2, -0.15) is 0 Å². The van der Waals surface area contributed by atoms with E-state index in [1.807, 2.05) is 6.92 Å². The fourth-order valence-corrected chi connectivity index (χ4v) is 1.95.